The zero-order valence-corrected chi connectivity index (χ0v) is 77.5. The first-order valence-corrected chi connectivity index (χ1v) is 40.8. The Bertz CT molecular complexity index is 6290. The van der Waals surface area contributed by atoms with Crippen LogP contribution in [0.25, 0.3) is 56.4 Å². The second-order valence-electron chi connectivity index (χ2n) is 28.4. The minimum Gasteiger partial charge on any atom is -0.478 e. The summed E-state index contributed by atoms with van der Waals surface area (Å²) in [5, 5.41) is 82.6. The molecule has 0 aliphatic carbocycles. The monoisotopic (exact) mass is 2030 g/mol. The van der Waals surface area contributed by atoms with Gasteiger partial charge in [0.1, 0.15) is 12.7 Å². The van der Waals surface area contributed by atoms with Gasteiger partial charge in [0.05, 0.1) is 140 Å². The molecule has 682 valence electrons. The first-order valence-electron chi connectivity index (χ1n) is 38.7. The zero-order valence-electron chi connectivity index (χ0n) is 73.1. The van der Waals surface area contributed by atoms with Crippen LogP contribution in [0.3, 0.4) is 0 Å². The van der Waals surface area contributed by atoms with E-state index in [1.807, 2.05) is 163 Å². The number of carbonyl (C=O) groups excluding carboxylic acids is 5. The van der Waals surface area contributed by atoms with Crippen LogP contribution < -0.4 is 11.2 Å². The Morgan fingerprint density at radius 2 is 0.667 bits per heavy atom. The number of non-ortho nitro benzene ring substituents is 4. The molecule has 44 heteroatoms. The molecule has 1 aliphatic rings. The lowest BCUT2D eigenvalue weighted by molar-refractivity contribution is -0.385. The number of hydrogen-bond donors (Lipinski definition) is 3. The number of hydrogen-bond acceptors (Lipinski definition) is 33. The van der Waals surface area contributed by atoms with Crippen molar-refractivity contribution in [2.75, 3.05) is 41.3 Å². The number of esters is 5. The van der Waals surface area contributed by atoms with E-state index in [0.717, 1.165) is 50.8 Å². The summed E-state index contributed by atoms with van der Waals surface area (Å²) in [6.45, 7) is 19.3. The number of carbonyl (C=O) groups is 7. The van der Waals surface area contributed by atoms with Gasteiger partial charge in [-0.1, -0.05) is 38.1 Å². The van der Waals surface area contributed by atoms with E-state index in [2.05, 4.69) is 69.9 Å². The third kappa shape index (κ3) is 29.5. The summed E-state index contributed by atoms with van der Waals surface area (Å²) in [5.74, 6) is -4.87. The first kappa shape index (κ1) is 103. The van der Waals surface area contributed by atoms with Crippen LogP contribution in [0.5, 0.6) is 0 Å². The number of carboxylic acid groups (broad SMARTS) is 2. The van der Waals surface area contributed by atoms with Gasteiger partial charge in [-0.3, -0.25) is 60.4 Å². The largest absolute Gasteiger partial charge is 0.495 e. The van der Waals surface area contributed by atoms with E-state index in [-0.39, 0.29) is 50.6 Å². The van der Waals surface area contributed by atoms with Crippen molar-refractivity contribution in [3.8, 4) is 56.4 Å². The highest BCUT2D eigenvalue weighted by molar-refractivity contribution is 14.1. The molecule has 7 aromatic carbocycles. The molecule has 132 heavy (non-hydrogen) atoms. The van der Waals surface area contributed by atoms with Crippen molar-refractivity contribution in [3.05, 3.63) is 322 Å². The number of tetrazole rings is 2. The lowest BCUT2D eigenvalue weighted by atomic mass is 9.78. The average molecular weight is 2030 g/mol. The summed E-state index contributed by atoms with van der Waals surface area (Å²) in [4.78, 5) is 137. The third-order valence-electron chi connectivity index (χ3n) is 18.4. The van der Waals surface area contributed by atoms with E-state index >= 15 is 0 Å². The van der Waals surface area contributed by atoms with E-state index in [1.54, 1.807) is 73.3 Å². The summed E-state index contributed by atoms with van der Waals surface area (Å²) in [6, 6.07) is 46.2. The molecule has 0 saturated carbocycles. The molecule has 0 spiro atoms. The molecule has 0 amide bonds. The molecule has 0 radical (unpaired) electrons. The quantitative estimate of drug-likeness (QED) is 0.0137. The molecule has 4 N–H and O–H groups in total. The number of nitrogens with two attached hydrogens (primary N) is 1. The maximum Gasteiger partial charge on any atom is 0.495 e. The fourth-order valence-corrected chi connectivity index (χ4v) is 12.5. The molecule has 1 fully saturated rings. The number of aromatic nitrogens is 12. The molecule has 6 aromatic heterocycles. The number of methoxy groups -OCH3 is 5. The van der Waals surface area contributed by atoms with Crippen LogP contribution in [-0.2, 0) is 33.0 Å². The number of aromatic carboxylic acids is 2. The van der Waals surface area contributed by atoms with E-state index in [9.17, 15) is 79.1 Å². The van der Waals surface area contributed by atoms with Crippen molar-refractivity contribution >= 4 is 128 Å². The molecule has 14 rings (SSSR count). The molecule has 7 heterocycles. The number of benzene rings is 7. The van der Waals surface area contributed by atoms with Gasteiger partial charge in [-0.2, -0.15) is 0 Å². The standard InChI is InChI=1S/C15H13N5O2.C14H18BNO6.C14H11N5O2.C14H12N2O4.C14H14N2O2.C8H6INO4.C7H4INO4.C2H6/c1-10-3-4-14(16-8-10)11-5-12(15(21)22-2)7-13(6-11)20-9-17-18-19-20;1-13(2)14(3,4)22-15(21-13)10-6-9(12(17)20-5)7-11(8-10)16(18)19;1-9-2-3-13(15-7-9)10-4-11(14(20)21)6-12(5-10)19-8-16-17-18-19;1-9-3-4-13(15-8-9)10-5-11(14(17)20-2)7-12(6-10)16(18)19;1-9-3-4-13(16-8-9)10-5-11(14(17)18-2)7-12(15)6-10;1-14-8(11)5-2-6(9)4-7(3-5)10(12)13;8-5-1-4(7(10)11)2-6(3-5)9(12)13;1-2/h3-9H,1-2H3;6-8H,1-5H3;2-8H,1H3,(H,20,21);3-8H,1-2H3;3-8H,15H2,1-2H3;2-4H,1H3;1-3H,(H,10,11);1-2H3. The molecular formula is C88H84BI2N17O24. The van der Waals surface area contributed by atoms with Gasteiger partial charge in [0.25, 0.3) is 22.7 Å². The van der Waals surface area contributed by atoms with Crippen molar-refractivity contribution < 1.29 is 96.5 Å². The molecule has 0 atom stereocenters. The number of nitro groups is 4. The maximum atomic E-state index is 11.9. The summed E-state index contributed by atoms with van der Waals surface area (Å²) < 4.78 is 38.9. The predicted octanol–water partition coefficient (Wildman–Crippen LogP) is 15.3. The number of nitrogens with zero attached hydrogens (tertiary/aromatic N) is 16. The molecule has 0 unspecified atom stereocenters. The number of anilines is 1. The van der Waals surface area contributed by atoms with Crippen molar-refractivity contribution in [3.63, 3.8) is 0 Å². The van der Waals surface area contributed by atoms with Crippen LogP contribution in [0.4, 0.5) is 28.4 Å². The molecule has 13 aromatic rings. The minimum atomic E-state index is -1.17. The van der Waals surface area contributed by atoms with Crippen molar-refractivity contribution in [2.24, 2.45) is 0 Å². The Morgan fingerprint density at radius 1 is 0.386 bits per heavy atom. The van der Waals surface area contributed by atoms with E-state index < -0.39 is 79.8 Å². The van der Waals surface area contributed by atoms with Crippen LogP contribution >= 0.6 is 45.2 Å². The van der Waals surface area contributed by atoms with Gasteiger partial charge in [-0.05, 0) is 252 Å². The fourth-order valence-electron chi connectivity index (χ4n) is 11.2. The Morgan fingerprint density at radius 3 is 0.992 bits per heavy atom. The number of aryl methyl sites for hydroxylation is 4. The highest BCUT2D eigenvalue weighted by Gasteiger charge is 2.52. The number of ether oxygens (including phenoxy) is 5. The van der Waals surface area contributed by atoms with Crippen LogP contribution in [0.2, 0.25) is 0 Å². The Kier molecular flexibility index (Phi) is 37.6. The van der Waals surface area contributed by atoms with Gasteiger partial charge in [0.15, 0.2) is 0 Å². The smallest absolute Gasteiger partial charge is 0.478 e. The Balaban J connectivity index is 0.000000211. The Hall–Kier alpha value is -15.6. The SMILES string of the molecule is CC.COC(=O)c1cc(-c2ccc(C)cn2)cc(-n2cnnn2)c1.COC(=O)c1cc(-c2ccc(C)cn2)cc([N+](=O)[O-])c1.COC(=O)c1cc(B2OC(C)(C)C(C)(C)O2)cc([N+](=O)[O-])c1.COC(=O)c1cc(I)cc([N+](=O)[O-])c1.COC(=O)c1cc(N)cc(-c2ccc(C)cn2)c1.Cc1ccc(-c2cc(C(=O)O)cc(-n3cnnn3)c2)nc1.O=C(O)c1cc(I)cc([N+](=O)[O-])c1. The topological polar surface area (TPSA) is 562 Å². The van der Waals surface area contributed by atoms with Gasteiger partial charge in [0, 0.05) is 108 Å². The second kappa shape index (κ2) is 48.0. The van der Waals surface area contributed by atoms with Crippen LogP contribution in [0, 0.1) is 75.3 Å². The Labute approximate surface area is 780 Å². The molecule has 1 aliphatic heterocycles. The van der Waals surface area contributed by atoms with Gasteiger partial charge in [0.2, 0.25) is 0 Å². The number of pyridine rings is 4. The second-order valence-corrected chi connectivity index (χ2v) is 30.9. The lowest BCUT2D eigenvalue weighted by Gasteiger charge is -2.32. The highest BCUT2D eigenvalue weighted by atomic mass is 127. The van der Waals surface area contributed by atoms with Crippen LogP contribution in [0.1, 0.15) is 136 Å². The molecular weight excluding hydrogens is 1940 g/mol. The first-order chi connectivity index (χ1) is 62.5. The number of halogens is 2. The number of nitrogen functional groups attached to an aromatic ring is 1. The fraction of sp³-hybridized carbons (Fsp3) is 0.193. The summed E-state index contributed by atoms with van der Waals surface area (Å²) in [7, 11) is 5.58. The van der Waals surface area contributed by atoms with Gasteiger partial charge in [-0.25, -0.2) is 42.9 Å². The zero-order chi connectivity index (χ0) is 97.6. The normalized spacial score (nSPS) is 11.5. The lowest BCUT2D eigenvalue weighted by Crippen LogP contribution is -2.41. The average Bonchev–Trinajstić information content (AvgIpc) is 1.62. The number of carboxylic acids is 2. The minimum absolute atomic E-state index is 0.0707. The van der Waals surface area contributed by atoms with Crippen molar-refractivity contribution in [1.82, 2.24) is 60.4 Å². The van der Waals surface area contributed by atoms with Crippen LogP contribution in [0.15, 0.2) is 213 Å². The maximum absolute atomic E-state index is 11.9. The summed E-state index contributed by atoms with van der Waals surface area (Å²) in [5.41, 5.74) is 17.1. The van der Waals surface area contributed by atoms with Gasteiger partial charge in [-0.15, -0.1) is 10.2 Å². The van der Waals surface area contributed by atoms with Crippen molar-refractivity contribution in [2.45, 2.75) is 80.4 Å². The number of rotatable bonds is 18. The highest BCUT2D eigenvalue weighted by Crippen LogP contribution is 2.37. The van der Waals surface area contributed by atoms with E-state index in [4.69, 9.17) is 24.9 Å². The predicted molar refractivity (Wildman–Crippen MR) is 497 cm³/mol. The van der Waals surface area contributed by atoms with Gasteiger partial charge < -0.3 is 48.9 Å². The summed E-state index contributed by atoms with van der Waals surface area (Å²) in [6.07, 6.45) is 9.81. The third-order valence-corrected chi connectivity index (χ3v) is 19.7. The molecule has 1 saturated heterocycles. The van der Waals surface area contributed by atoms with Crippen molar-refractivity contribution in [1.29, 1.82) is 0 Å². The van der Waals surface area contributed by atoms with E-state index in [0.29, 0.717) is 63.3 Å². The molecule has 41 nitrogen and oxygen atoms in total. The van der Waals surface area contributed by atoms with Crippen LogP contribution in [-0.4, -0.2) is 186 Å². The summed E-state index contributed by atoms with van der Waals surface area (Å²) >= 11 is 3.73. The molecule has 0 bridgehead atoms. The van der Waals surface area contributed by atoms with Gasteiger partial charge >= 0.3 is 48.9 Å². The number of nitro benzene ring substituents is 4. The van der Waals surface area contributed by atoms with E-state index in [1.165, 1.54) is 130 Å².